The maximum Gasteiger partial charge on any atom is 0.165 e. The van der Waals surface area contributed by atoms with Crippen LogP contribution in [0.3, 0.4) is 0 Å². The average molecular weight is 280 g/mol. The largest absolute Gasteiger partial charge is 0.504 e. The van der Waals surface area contributed by atoms with Crippen molar-refractivity contribution in [1.82, 2.24) is 0 Å². The van der Waals surface area contributed by atoms with E-state index in [9.17, 15) is 8.78 Å². The van der Waals surface area contributed by atoms with Crippen LogP contribution >= 0.6 is 0 Å². The van der Waals surface area contributed by atoms with E-state index in [0.717, 1.165) is 25.7 Å². The molecule has 0 bridgehead atoms. The molecule has 1 saturated heterocycles. The fourth-order valence-corrected chi connectivity index (χ4v) is 2.96. The SMILES string of the molecule is COC=C1CCC(c2ccc(C3CO3)c(F)c2F)CC1. The van der Waals surface area contributed by atoms with Crippen LogP contribution in [0.15, 0.2) is 24.0 Å². The first-order chi connectivity index (χ1) is 9.70. The molecule has 20 heavy (non-hydrogen) atoms. The summed E-state index contributed by atoms with van der Waals surface area (Å²) >= 11 is 0. The van der Waals surface area contributed by atoms with Gasteiger partial charge in [-0.15, -0.1) is 0 Å². The lowest BCUT2D eigenvalue weighted by Crippen LogP contribution is -2.10. The van der Waals surface area contributed by atoms with Crippen molar-refractivity contribution in [2.45, 2.75) is 37.7 Å². The number of allylic oxidation sites excluding steroid dienone is 1. The summed E-state index contributed by atoms with van der Waals surface area (Å²) in [4.78, 5) is 0. The second-order valence-electron chi connectivity index (χ2n) is 5.48. The monoisotopic (exact) mass is 280 g/mol. The Labute approximate surface area is 117 Å². The number of hydrogen-bond donors (Lipinski definition) is 0. The van der Waals surface area contributed by atoms with Crippen LogP contribution in [0, 0.1) is 11.6 Å². The van der Waals surface area contributed by atoms with Crippen LogP contribution in [-0.2, 0) is 9.47 Å². The van der Waals surface area contributed by atoms with Crippen LogP contribution in [0.1, 0.15) is 48.8 Å². The highest BCUT2D eigenvalue weighted by Crippen LogP contribution is 2.39. The highest BCUT2D eigenvalue weighted by atomic mass is 19.2. The predicted octanol–water partition coefficient (Wildman–Crippen LogP) is 4.22. The van der Waals surface area contributed by atoms with E-state index in [1.54, 1.807) is 25.5 Å². The molecule has 4 heteroatoms. The molecule has 1 aliphatic heterocycles. The van der Waals surface area contributed by atoms with E-state index in [1.807, 2.05) is 0 Å². The molecule has 1 saturated carbocycles. The standard InChI is InChI=1S/C16H18F2O2/c1-19-8-10-2-4-11(5-3-10)12-6-7-13(14-9-20-14)16(18)15(12)17/h6-8,11,14H,2-5,9H2,1H3. The van der Waals surface area contributed by atoms with Gasteiger partial charge in [0.25, 0.3) is 0 Å². The third kappa shape index (κ3) is 2.57. The van der Waals surface area contributed by atoms with Crippen molar-refractivity contribution in [2.75, 3.05) is 13.7 Å². The van der Waals surface area contributed by atoms with E-state index in [0.29, 0.717) is 17.7 Å². The minimum atomic E-state index is -0.733. The van der Waals surface area contributed by atoms with Crippen LogP contribution in [0.4, 0.5) is 8.78 Å². The molecule has 1 aromatic carbocycles. The van der Waals surface area contributed by atoms with E-state index >= 15 is 0 Å². The lowest BCUT2D eigenvalue weighted by atomic mass is 9.81. The Hall–Kier alpha value is -1.42. The summed E-state index contributed by atoms with van der Waals surface area (Å²) in [5.41, 5.74) is 2.10. The molecular formula is C16H18F2O2. The van der Waals surface area contributed by atoms with Crippen molar-refractivity contribution in [1.29, 1.82) is 0 Å². The Morgan fingerprint density at radius 1 is 1.15 bits per heavy atom. The van der Waals surface area contributed by atoms with Gasteiger partial charge in [-0.2, -0.15) is 0 Å². The molecule has 2 fully saturated rings. The van der Waals surface area contributed by atoms with Crippen LogP contribution in [0.25, 0.3) is 0 Å². The topological polar surface area (TPSA) is 21.8 Å². The zero-order chi connectivity index (χ0) is 14.1. The van der Waals surface area contributed by atoms with Gasteiger partial charge in [0.15, 0.2) is 11.6 Å². The van der Waals surface area contributed by atoms with Crippen molar-refractivity contribution < 1.29 is 18.3 Å². The van der Waals surface area contributed by atoms with Gasteiger partial charge in [-0.3, -0.25) is 0 Å². The Morgan fingerprint density at radius 2 is 1.75 bits per heavy atom. The quantitative estimate of drug-likeness (QED) is 0.610. The van der Waals surface area contributed by atoms with Crippen LogP contribution in [0.5, 0.6) is 0 Å². The Kier molecular flexibility index (Phi) is 3.74. The summed E-state index contributed by atoms with van der Waals surface area (Å²) in [6.45, 7) is 0.490. The maximum atomic E-state index is 14.2. The number of halogens is 2. The van der Waals surface area contributed by atoms with Gasteiger partial charge in [0, 0.05) is 5.56 Å². The number of rotatable bonds is 3. The first-order valence-electron chi connectivity index (χ1n) is 7.00. The third-order valence-corrected chi connectivity index (χ3v) is 4.17. The number of hydrogen-bond acceptors (Lipinski definition) is 2. The van der Waals surface area contributed by atoms with Crippen molar-refractivity contribution in [3.05, 3.63) is 46.7 Å². The molecule has 0 N–H and O–H groups in total. The van der Waals surface area contributed by atoms with Gasteiger partial charge in [-0.25, -0.2) is 8.78 Å². The van der Waals surface area contributed by atoms with Crippen LogP contribution in [-0.4, -0.2) is 13.7 Å². The van der Waals surface area contributed by atoms with E-state index < -0.39 is 11.6 Å². The number of benzene rings is 1. The van der Waals surface area contributed by atoms with E-state index in [1.165, 1.54) is 5.57 Å². The highest BCUT2D eigenvalue weighted by molar-refractivity contribution is 5.32. The minimum absolute atomic E-state index is 0.0904. The minimum Gasteiger partial charge on any atom is -0.504 e. The third-order valence-electron chi connectivity index (χ3n) is 4.17. The van der Waals surface area contributed by atoms with Gasteiger partial charge >= 0.3 is 0 Å². The molecule has 3 rings (SSSR count). The summed E-state index contributed by atoms with van der Waals surface area (Å²) in [6, 6.07) is 3.40. The second kappa shape index (κ2) is 5.52. The molecule has 2 nitrogen and oxygen atoms in total. The highest BCUT2D eigenvalue weighted by Gasteiger charge is 2.31. The van der Waals surface area contributed by atoms with Crippen LogP contribution < -0.4 is 0 Å². The molecule has 1 unspecified atom stereocenters. The predicted molar refractivity (Wildman–Crippen MR) is 71.4 cm³/mol. The Morgan fingerprint density at radius 3 is 2.35 bits per heavy atom. The molecule has 2 aliphatic rings. The summed E-state index contributed by atoms with van der Waals surface area (Å²) < 4.78 is 38.3. The van der Waals surface area contributed by atoms with Gasteiger partial charge in [0.2, 0.25) is 0 Å². The van der Waals surface area contributed by atoms with Gasteiger partial charge in [-0.05, 0) is 42.7 Å². The van der Waals surface area contributed by atoms with E-state index in [2.05, 4.69) is 0 Å². The van der Waals surface area contributed by atoms with E-state index in [-0.39, 0.29) is 12.0 Å². The Balaban J connectivity index is 1.78. The zero-order valence-electron chi connectivity index (χ0n) is 11.5. The average Bonchev–Trinajstić information content (AvgIpc) is 3.28. The van der Waals surface area contributed by atoms with Gasteiger partial charge < -0.3 is 9.47 Å². The Bertz CT molecular complexity index is 526. The number of epoxide rings is 1. The molecule has 1 aromatic rings. The van der Waals surface area contributed by atoms with Gasteiger partial charge in [0.05, 0.1) is 20.0 Å². The van der Waals surface area contributed by atoms with Gasteiger partial charge in [0.1, 0.15) is 6.10 Å². The summed E-state index contributed by atoms with van der Waals surface area (Å²) in [5, 5.41) is 0. The molecule has 1 atom stereocenters. The molecule has 1 heterocycles. The number of ether oxygens (including phenoxy) is 2. The molecule has 0 radical (unpaired) electrons. The maximum absolute atomic E-state index is 14.2. The molecule has 0 aromatic heterocycles. The fourth-order valence-electron chi connectivity index (χ4n) is 2.96. The second-order valence-corrected chi connectivity index (χ2v) is 5.48. The van der Waals surface area contributed by atoms with Gasteiger partial charge in [-0.1, -0.05) is 12.1 Å². The number of methoxy groups -OCH3 is 1. The lowest BCUT2D eigenvalue weighted by molar-refractivity contribution is 0.326. The molecule has 0 amide bonds. The zero-order valence-corrected chi connectivity index (χ0v) is 11.5. The molecular weight excluding hydrogens is 262 g/mol. The lowest BCUT2D eigenvalue weighted by Gasteiger charge is -2.24. The first-order valence-corrected chi connectivity index (χ1v) is 7.00. The smallest absolute Gasteiger partial charge is 0.165 e. The fraction of sp³-hybridized carbons (Fsp3) is 0.500. The van der Waals surface area contributed by atoms with Crippen molar-refractivity contribution in [2.24, 2.45) is 0 Å². The summed E-state index contributed by atoms with van der Waals surface area (Å²) in [6.07, 6.45) is 4.96. The van der Waals surface area contributed by atoms with Crippen molar-refractivity contribution in [3.63, 3.8) is 0 Å². The molecule has 108 valence electrons. The molecule has 0 spiro atoms. The summed E-state index contributed by atoms with van der Waals surface area (Å²) in [7, 11) is 1.63. The summed E-state index contributed by atoms with van der Waals surface area (Å²) in [5.74, 6) is -1.34. The van der Waals surface area contributed by atoms with E-state index in [4.69, 9.17) is 9.47 Å². The van der Waals surface area contributed by atoms with Crippen molar-refractivity contribution >= 4 is 0 Å². The molecule has 1 aliphatic carbocycles. The normalized spacial score (nSPS) is 25.4. The first kappa shape index (κ1) is 13.6. The van der Waals surface area contributed by atoms with Crippen molar-refractivity contribution in [3.8, 4) is 0 Å². The van der Waals surface area contributed by atoms with Crippen LogP contribution in [0.2, 0.25) is 0 Å².